The summed E-state index contributed by atoms with van der Waals surface area (Å²) >= 11 is 1.22. The monoisotopic (exact) mass is 391 g/mol. The van der Waals surface area contributed by atoms with Crippen LogP contribution in [0.4, 0.5) is 0 Å². The number of carbonyl (C=O) groups is 2. The minimum absolute atomic E-state index is 0. The fraction of sp³-hybridized carbons (Fsp3) is 0.643. The first-order chi connectivity index (χ1) is 11.9. The van der Waals surface area contributed by atoms with Crippen molar-refractivity contribution in [2.24, 2.45) is 11.8 Å². The quantitative estimate of drug-likeness (QED) is 0.264. The molecule has 2 N–H and O–H groups in total. The van der Waals surface area contributed by atoms with Gasteiger partial charge >= 0.3 is 29.6 Å². The fourth-order valence-electron chi connectivity index (χ4n) is 3.50. The van der Waals surface area contributed by atoms with E-state index in [9.17, 15) is 19.8 Å². The number of aromatic nitrogens is 4. The van der Waals surface area contributed by atoms with Crippen molar-refractivity contribution in [2.75, 3.05) is 12.4 Å². The number of aliphatic hydroxyl groups is 2. The molecule has 0 spiro atoms. The van der Waals surface area contributed by atoms with Gasteiger partial charge in [-0.05, 0) is 22.9 Å². The number of carboxylic acids is 1. The zero-order valence-corrected chi connectivity index (χ0v) is 17.5. The van der Waals surface area contributed by atoms with Crippen LogP contribution >= 0.6 is 11.8 Å². The van der Waals surface area contributed by atoms with E-state index >= 15 is 0 Å². The Morgan fingerprint density at radius 3 is 2.73 bits per heavy atom. The van der Waals surface area contributed by atoms with Gasteiger partial charge in [0, 0.05) is 11.7 Å². The van der Waals surface area contributed by atoms with E-state index in [0.29, 0.717) is 10.7 Å². The van der Waals surface area contributed by atoms with Gasteiger partial charge < -0.3 is 25.0 Å². The maximum atomic E-state index is 12.2. The molecule has 1 amide bonds. The van der Waals surface area contributed by atoms with Crippen molar-refractivity contribution in [3.63, 3.8) is 0 Å². The van der Waals surface area contributed by atoms with Crippen LogP contribution in [0.15, 0.2) is 16.4 Å². The molecular formula is C14H18N5NaO5S. The van der Waals surface area contributed by atoms with Gasteiger partial charge in [0.1, 0.15) is 0 Å². The van der Waals surface area contributed by atoms with Gasteiger partial charge in [0.25, 0.3) is 0 Å². The van der Waals surface area contributed by atoms with Crippen LogP contribution in [-0.4, -0.2) is 71.7 Å². The normalized spacial score (nSPS) is 25.6. The van der Waals surface area contributed by atoms with Crippen LogP contribution in [-0.2, 0) is 16.1 Å². The van der Waals surface area contributed by atoms with Gasteiger partial charge in [-0.3, -0.25) is 4.79 Å². The molecule has 0 aliphatic carbocycles. The van der Waals surface area contributed by atoms with Crippen LogP contribution in [0.2, 0.25) is 0 Å². The van der Waals surface area contributed by atoms with E-state index in [1.807, 2.05) is 6.92 Å². The zero-order chi connectivity index (χ0) is 18.3. The molecule has 3 rings (SSSR count). The van der Waals surface area contributed by atoms with E-state index in [1.54, 1.807) is 0 Å². The molecule has 4 atom stereocenters. The van der Waals surface area contributed by atoms with Gasteiger partial charge in [-0.1, -0.05) is 18.7 Å². The third kappa shape index (κ3) is 3.43. The smallest absolute Gasteiger partial charge is 0.543 e. The summed E-state index contributed by atoms with van der Waals surface area (Å²) in [4.78, 5) is 25.0. The Balaban J connectivity index is 0.00000243. The Bertz CT molecular complexity index is 739. The predicted octanol–water partition coefficient (Wildman–Crippen LogP) is -5.38. The molecule has 1 aromatic rings. The van der Waals surface area contributed by atoms with Gasteiger partial charge in [0.2, 0.25) is 11.1 Å². The van der Waals surface area contributed by atoms with Crippen molar-refractivity contribution in [1.29, 1.82) is 0 Å². The van der Waals surface area contributed by atoms with Gasteiger partial charge in [-0.2, -0.15) is 0 Å². The van der Waals surface area contributed by atoms with Crippen molar-refractivity contribution >= 4 is 23.6 Å². The van der Waals surface area contributed by atoms with Gasteiger partial charge in [-0.25, -0.2) is 4.68 Å². The van der Waals surface area contributed by atoms with Crippen molar-refractivity contribution < 1.29 is 54.5 Å². The molecule has 2 aliphatic rings. The van der Waals surface area contributed by atoms with Crippen LogP contribution in [0.25, 0.3) is 0 Å². The summed E-state index contributed by atoms with van der Waals surface area (Å²) in [5, 5.41) is 42.0. The molecule has 0 bridgehead atoms. The molecule has 0 unspecified atom stereocenters. The van der Waals surface area contributed by atoms with E-state index in [2.05, 4.69) is 15.5 Å². The average Bonchev–Trinajstić information content (AvgIpc) is 3.06. The SMILES string of the molecule is C[C@@H](O)[C@H]1C(=O)N2C(C(=O)[O-])=C(CSc3nnnn3CCO)[C@H](C)[C@H]12.[Na+]. The Labute approximate surface area is 175 Å². The number of carbonyl (C=O) groups excluding carboxylic acids is 2. The van der Waals surface area contributed by atoms with Crippen molar-refractivity contribution in [1.82, 2.24) is 25.1 Å². The van der Waals surface area contributed by atoms with Gasteiger partial charge in [0.15, 0.2) is 0 Å². The summed E-state index contributed by atoms with van der Waals surface area (Å²) in [6, 6.07) is -0.371. The number of aliphatic hydroxyl groups excluding tert-OH is 2. The molecule has 2 aliphatic heterocycles. The second kappa shape index (κ2) is 8.36. The number of hydrogen-bond acceptors (Lipinski definition) is 9. The number of aliphatic carboxylic acids is 1. The van der Waals surface area contributed by atoms with E-state index in [0.717, 1.165) is 0 Å². The number of fused-ring (bicyclic) bond motifs is 1. The second-order valence-corrected chi connectivity index (χ2v) is 7.05. The molecule has 1 saturated heterocycles. The van der Waals surface area contributed by atoms with Crippen molar-refractivity contribution in [2.45, 2.75) is 37.7 Å². The van der Waals surface area contributed by atoms with E-state index in [4.69, 9.17) is 5.11 Å². The molecular weight excluding hydrogens is 373 g/mol. The summed E-state index contributed by atoms with van der Waals surface area (Å²) < 4.78 is 1.42. The molecule has 0 radical (unpaired) electrons. The first-order valence-corrected chi connectivity index (χ1v) is 8.82. The molecule has 12 heteroatoms. The Morgan fingerprint density at radius 2 is 2.15 bits per heavy atom. The number of β-lactam (4-membered cyclic amide) rings is 1. The maximum absolute atomic E-state index is 12.2. The maximum Gasteiger partial charge on any atom is 1.00 e. The average molecular weight is 391 g/mol. The van der Waals surface area contributed by atoms with E-state index in [1.165, 1.54) is 28.3 Å². The topological polar surface area (TPSA) is 144 Å². The summed E-state index contributed by atoms with van der Waals surface area (Å²) in [7, 11) is 0. The Morgan fingerprint density at radius 1 is 1.46 bits per heavy atom. The van der Waals surface area contributed by atoms with Crippen LogP contribution in [0.5, 0.6) is 0 Å². The summed E-state index contributed by atoms with van der Waals surface area (Å²) in [6.45, 7) is 3.47. The fourth-order valence-corrected chi connectivity index (χ4v) is 4.56. The summed E-state index contributed by atoms with van der Waals surface area (Å²) in [5.41, 5.74) is 0.443. The van der Waals surface area contributed by atoms with Crippen molar-refractivity contribution in [3.8, 4) is 0 Å². The number of amides is 1. The van der Waals surface area contributed by atoms with Crippen molar-refractivity contribution in [3.05, 3.63) is 11.3 Å². The zero-order valence-electron chi connectivity index (χ0n) is 14.7. The number of thioether (sulfide) groups is 1. The van der Waals surface area contributed by atoms with Crippen LogP contribution in [0.3, 0.4) is 0 Å². The third-order valence-electron chi connectivity index (χ3n) is 4.68. The first kappa shape index (κ1) is 21.3. The summed E-state index contributed by atoms with van der Waals surface area (Å²) in [6.07, 6.45) is -0.844. The molecule has 1 aromatic heterocycles. The van der Waals surface area contributed by atoms with Gasteiger partial charge in [-0.15, -0.1) is 5.10 Å². The Hall–Kier alpha value is -0.980. The van der Waals surface area contributed by atoms with Crippen LogP contribution in [0, 0.1) is 11.8 Å². The van der Waals surface area contributed by atoms with Crippen LogP contribution < -0.4 is 34.7 Å². The number of hydrogen-bond donors (Lipinski definition) is 2. The molecule has 3 heterocycles. The number of carboxylic acid groups (broad SMARTS) is 1. The van der Waals surface area contributed by atoms with Gasteiger partial charge in [0.05, 0.1) is 42.9 Å². The first-order valence-electron chi connectivity index (χ1n) is 7.83. The minimum atomic E-state index is -1.41. The molecule has 10 nitrogen and oxygen atoms in total. The molecule has 26 heavy (non-hydrogen) atoms. The molecule has 1 fully saturated rings. The number of rotatable bonds is 7. The van der Waals surface area contributed by atoms with E-state index < -0.39 is 23.9 Å². The molecule has 136 valence electrons. The number of tetrazole rings is 1. The van der Waals surface area contributed by atoms with Crippen LogP contribution in [0.1, 0.15) is 13.8 Å². The minimum Gasteiger partial charge on any atom is -0.543 e. The molecule has 0 saturated carbocycles. The predicted molar refractivity (Wildman–Crippen MR) is 82.6 cm³/mol. The Kier molecular flexibility index (Phi) is 6.86. The number of nitrogens with zero attached hydrogens (tertiary/aromatic N) is 5. The standard InChI is InChI=1S/C14H19N5O5S.Na/c1-6-8(5-25-14-15-16-17-18(14)3-4-20)11(13(23)24)19-10(6)9(7(2)21)12(19)22;/h6-7,9-10,20-21H,3-5H2,1-2H3,(H,23,24);/q;+1/p-1/t6-,7+,9+,10+;/m0./s1. The van der Waals surface area contributed by atoms with E-state index in [-0.39, 0.29) is 66.1 Å². The second-order valence-electron chi connectivity index (χ2n) is 6.11. The largest absolute Gasteiger partial charge is 1.00 e. The molecule has 0 aromatic carbocycles. The summed E-state index contributed by atoms with van der Waals surface area (Å²) in [5.74, 6) is -2.36. The third-order valence-corrected chi connectivity index (χ3v) is 5.68.